The Kier molecular flexibility index (Phi) is 3.62. The van der Waals surface area contributed by atoms with E-state index in [4.69, 9.17) is 5.73 Å². The van der Waals surface area contributed by atoms with Gasteiger partial charge in [0.05, 0.1) is 5.52 Å². The molecule has 2 unspecified atom stereocenters. The summed E-state index contributed by atoms with van der Waals surface area (Å²) in [7, 11) is 0. The Morgan fingerprint density at radius 1 is 1.35 bits per heavy atom. The highest BCUT2D eigenvalue weighted by Gasteiger charge is 2.28. The number of hydrogen-bond acceptors (Lipinski definition) is 3. The molecule has 0 saturated carbocycles. The van der Waals surface area contributed by atoms with Crippen LogP contribution in [-0.2, 0) is 0 Å². The van der Waals surface area contributed by atoms with Crippen molar-refractivity contribution in [3.63, 3.8) is 0 Å². The Labute approximate surface area is 120 Å². The number of piperidine rings is 1. The molecule has 0 amide bonds. The number of fused-ring (bicyclic) bond motifs is 1. The number of nitrogens with two attached hydrogens (primary N) is 1. The minimum Gasteiger partial charge on any atom is -0.366 e. The number of rotatable bonds is 2. The number of nitrogens with zero attached hydrogens (tertiary/aromatic N) is 2. The first-order chi connectivity index (χ1) is 9.70. The highest BCUT2D eigenvalue weighted by Crippen LogP contribution is 2.33. The molecule has 1 aromatic carbocycles. The molecule has 0 aliphatic carbocycles. The van der Waals surface area contributed by atoms with Gasteiger partial charge in [-0.15, -0.1) is 0 Å². The minimum absolute atomic E-state index is 0.439. The summed E-state index contributed by atoms with van der Waals surface area (Å²) >= 11 is 0. The lowest BCUT2D eigenvalue weighted by molar-refractivity contribution is 0.350. The van der Waals surface area contributed by atoms with Gasteiger partial charge in [-0.25, -0.2) is 0 Å². The second-order valence-electron chi connectivity index (χ2n) is 5.92. The molecule has 0 spiro atoms. The monoisotopic (exact) mass is 269 g/mol. The van der Waals surface area contributed by atoms with Crippen LogP contribution in [0.15, 0.2) is 30.3 Å². The van der Waals surface area contributed by atoms with E-state index in [-0.39, 0.29) is 0 Å². The van der Waals surface area contributed by atoms with E-state index in [0.717, 1.165) is 24.3 Å². The van der Waals surface area contributed by atoms with Crippen LogP contribution in [0.3, 0.4) is 0 Å². The maximum absolute atomic E-state index is 6.05. The first kappa shape index (κ1) is 13.4. The average Bonchev–Trinajstić information content (AvgIpc) is 2.46. The molecule has 1 aromatic heterocycles. The van der Waals surface area contributed by atoms with Gasteiger partial charge in [-0.05, 0) is 37.8 Å². The Hall–Kier alpha value is -1.61. The Morgan fingerprint density at radius 3 is 2.95 bits per heavy atom. The van der Waals surface area contributed by atoms with Crippen LogP contribution in [0.5, 0.6) is 0 Å². The summed E-state index contributed by atoms with van der Waals surface area (Å²) < 4.78 is 0. The van der Waals surface area contributed by atoms with Gasteiger partial charge in [0.2, 0.25) is 0 Å². The molecule has 106 valence electrons. The third-order valence-electron chi connectivity index (χ3n) is 4.49. The van der Waals surface area contributed by atoms with Crippen LogP contribution in [0, 0.1) is 12.8 Å². The maximum Gasteiger partial charge on any atom is 0.0726 e. The summed E-state index contributed by atoms with van der Waals surface area (Å²) in [6.45, 7) is 6.21. The van der Waals surface area contributed by atoms with E-state index in [9.17, 15) is 0 Å². The first-order valence-corrected chi connectivity index (χ1v) is 7.54. The van der Waals surface area contributed by atoms with E-state index in [1.54, 1.807) is 0 Å². The summed E-state index contributed by atoms with van der Waals surface area (Å²) in [5.41, 5.74) is 9.50. The predicted octanol–water partition coefficient (Wildman–Crippen LogP) is 3.11. The van der Waals surface area contributed by atoms with E-state index in [2.05, 4.69) is 54.1 Å². The third kappa shape index (κ3) is 2.27. The third-order valence-corrected chi connectivity index (χ3v) is 4.49. The minimum atomic E-state index is 0.439. The lowest BCUT2D eigenvalue weighted by Gasteiger charge is -2.41. The molecule has 0 radical (unpaired) electrons. The van der Waals surface area contributed by atoms with Gasteiger partial charge in [-0.2, -0.15) is 0 Å². The molecule has 3 heteroatoms. The van der Waals surface area contributed by atoms with Crippen LogP contribution in [0.1, 0.15) is 25.5 Å². The fraction of sp³-hybridized carbons (Fsp3) is 0.471. The van der Waals surface area contributed by atoms with Crippen molar-refractivity contribution in [2.75, 3.05) is 18.0 Å². The van der Waals surface area contributed by atoms with E-state index >= 15 is 0 Å². The van der Waals surface area contributed by atoms with E-state index < -0.39 is 0 Å². The zero-order valence-electron chi connectivity index (χ0n) is 12.3. The van der Waals surface area contributed by atoms with Crippen LogP contribution in [0.2, 0.25) is 0 Å². The standard InChI is InChI=1S/C17H23N3/c1-12-6-5-9-20(17(12)11-18)16-10-13(2)19-15-8-4-3-7-14(15)16/h3-4,7-8,10,12,17H,5-6,9,11,18H2,1-2H3. The normalized spacial score (nSPS) is 23.2. The Morgan fingerprint density at radius 2 is 2.15 bits per heavy atom. The highest BCUT2D eigenvalue weighted by molar-refractivity contribution is 5.92. The zero-order chi connectivity index (χ0) is 14.1. The van der Waals surface area contributed by atoms with Crippen LogP contribution in [0.4, 0.5) is 5.69 Å². The summed E-state index contributed by atoms with van der Waals surface area (Å²) in [6, 6.07) is 11.1. The van der Waals surface area contributed by atoms with Gasteiger partial charge in [-0.1, -0.05) is 25.1 Å². The number of anilines is 1. The Bertz CT molecular complexity index is 608. The summed E-state index contributed by atoms with van der Waals surface area (Å²) in [6.07, 6.45) is 2.52. The molecule has 1 fully saturated rings. The van der Waals surface area contributed by atoms with Crippen LogP contribution >= 0.6 is 0 Å². The maximum atomic E-state index is 6.05. The molecular weight excluding hydrogens is 246 g/mol. The molecule has 2 atom stereocenters. The lowest BCUT2D eigenvalue weighted by atomic mass is 9.90. The predicted molar refractivity (Wildman–Crippen MR) is 85.1 cm³/mol. The number of hydrogen-bond donors (Lipinski definition) is 1. The largest absolute Gasteiger partial charge is 0.366 e. The molecule has 2 heterocycles. The lowest BCUT2D eigenvalue weighted by Crippen LogP contribution is -2.48. The highest BCUT2D eigenvalue weighted by atomic mass is 15.2. The number of para-hydroxylation sites is 1. The van der Waals surface area contributed by atoms with Gasteiger partial charge in [0.1, 0.15) is 0 Å². The molecular formula is C17H23N3. The first-order valence-electron chi connectivity index (χ1n) is 7.54. The number of benzene rings is 1. The number of pyridine rings is 1. The van der Waals surface area contributed by atoms with E-state index in [0.29, 0.717) is 12.0 Å². The molecule has 1 saturated heterocycles. The van der Waals surface area contributed by atoms with Crippen molar-refractivity contribution in [2.45, 2.75) is 32.7 Å². The second kappa shape index (κ2) is 5.41. The van der Waals surface area contributed by atoms with Crippen molar-refractivity contribution in [3.8, 4) is 0 Å². The van der Waals surface area contributed by atoms with Gasteiger partial charge >= 0.3 is 0 Å². The zero-order valence-corrected chi connectivity index (χ0v) is 12.3. The van der Waals surface area contributed by atoms with Crippen molar-refractivity contribution >= 4 is 16.6 Å². The van der Waals surface area contributed by atoms with Crippen molar-refractivity contribution in [1.29, 1.82) is 0 Å². The van der Waals surface area contributed by atoms with Crippen LogP contribution in [0.25, 0.3) is 10.9 Å². The van der Waals surface area contributed by atoms with E-state index in [1.165, 1.54) is 23.9 Å². The average molecular weight is 269 g/mol. The Balaban J connectivity index is 2.12. The molecule has 2 N–H and O–H groups in total. The van der Waals surface area contributed by atoms with Gasteiger partial charge in [0, 0.05) is 35.9 Å². The molecule has 3 rings (SSSR count). The van der Waals surface area contributed by atoms with Crippen LogP contribution < -0.4 is 10.6 Å². The molecule has 3 nitrogen and oxygen atoms in total. The topological polar surface area (TPSA) is 42.1 Å². The molecule has 2 aromatic rings. The fourth-order valence-electron chi connectivity index (χ4n) is 3.43. The van der Waals surface area contributed by atoms with Gasteiger partial charge < -0.3 is 10.6 Å². The van der Waals surface area contributed by atoms with Crippen molar-refractivity contribution < 1.29 is 0 Å². The van der Waals surface area contributed by atoms with Crippen LogP contribution in [-0.4, -0.2) is 24.1 Å². The fourth-order valence-corrected chi connectivity index (χ4v) is 3.43. The number of aromatic nitrogens is 1. The quantitative estimate of drug-likeness (QED) is 0.911. The number of aryl methyl sites for hydroxylation is 1. The smallest absolute Gasteiger partial charge is 0.0726 e. The van der Waals surface area contributed by atoms with E-state index in [1.807, 2.05) is 0 Å². The SMILES string of the molecule is Cc1cc(N2CCCC(C)C2CN)c2ccccc2n1. The van der Waals surface area contributed by atoms with Gasteiger partial charge in [-0.3, -0.25) is 4.98 Å². The van der Waals surface area contributed by atoms with Crippen molar-refractivity contribution in [3.05, 3.63) is 36.0 Å². The summed E-state index contributed by atoms with van der Waals surface area (Å²) in [5, 5.41) is 1.24. The molecule has 0 bridgehead atoms. The molecule has 20 heavy (non-hydrogen) atoms. The molecule has 1 aliphatic heterocycles. The summed E-state index contributed by atoms with van der Waals surface area (Å²) in [5.74, 6) is 0.654. The second-order valence-corrected chi connectivity index (χ2v) is 5.92. The molecule has 1 aliphatic rings. The van der Waals surface area contributed by atoms with Gasteiger partial charge in [0.25, 0.3) is 0 Å². The van der Waals surface area contributed by atoms with Crippen molar-refractivity contribution in [2.24, 2.45) is 11.7 Å². The van der Waals surface area contributed by atoms with Crippen molar-refractivity contribution in [1.82, 2.24) is 4.98 Å². The summed E-state index contributed by atoms with van der Waals surface area (Å²) in [4.78, 5) is 7.15. The van der Waals surface area contributed by atoms with Gasteiger partial charge in [0.15, 0.2) is 0 Å².